The molecule has 0 unspecified atom stereocenters. The van der Waals surface area contributed by atoms with Gasteiger partial charge in [0.1, 0.15) is 5.82 Å². The lowest BCUT2D eigenvalue weighted by Gasteiger charge is -2.27. The zero-order valence-corrected chi connectivity index (χ0v) is 14.2. The molecule has 1 aliphatic heterocycles. The highest BCUT2D eigenvalue weighted by molar-refractivity contribution is 5.29. The molecular formula is C20H32FN. The van der Waals surface area contributed by atoms with Crippen LogP contribution in [0, 0.1) is 5.82 Å². The van der Waals surface area contributed by atoms with Gasteiger partial charge in [0, 0.05) is 12.1 Å². The summed E-state index contributed by atoms with van der Waals surface area (Å²) in [6.07, 6.45) is 12.7. The van der Waals surface area contributed by atoms with Gasteiger partial charge in [0.2, 0.25) is 0 Å². The second kappa shape index (κ2) is 9.99. The Labute approximate surface area is 135 Å². The van der Waals surface area contributed by atoms with Crippen molar-refractivity contribution in [2.75, 3.05) is 13.1 Å². The van der Waals surface area contributed by atoms with Crippen molar-refractivity contribution in [3.05, 3.63) is 35.1 Å². The molecule has 1 heterocycles. The zero-order chi connectivity index (χ0) is 15.6. The van der Waals surface area contributed by atoms with Crippen molar-refractivity contribution in [2.45, 2.75) is 77.7 Å². The lowest BCUT2D eigenvalue weighted by atomic mass is 9.99. The molecule has 0 aliphatic carbocycles. The number of hydrogen-bond acceptors (Lipinski definition) is 1. The van der Waals surface area contributed by atoms with Gasteiger partial charge in [0.05, 0.1) is 0 Å². The predicted octanol–water partition coefficient (Wildman–Crippen LogP) is 5.71. The molecule has 0 spiro atoms. The lowest BCUT2D eigenvalue weighted by Crippen LogP contribution is -2.30. The van der Waals surface area contributed by atoms with Crippen molar-refractivity contribution in [1.29, 1.82) is 0 Å². The van der Waals surface area contributed by atoms with Crippen LogP contribution in [0.5, 0.6) is 0 Å². The maximum absolute atomic E-state index is 14.3. The Balaban J connectivity index is 1.85. The van der Waals surface area contributed by atoms with E-state index < -0.39 is 0 Å². The monoisotopic (exact) mass is 305 g/mol. The van der Waals surface area contributed by atoms with Crippen molar-refractivity contribution in [2.24, 2.45) is 0 Å². The molecule has 2 heteroatoms. The summed E-state index contributed by atoms with van der Waals surface area (Å²) in [6, 6.07) is 5.64. The Morgan fingerprint density at radius 2 is 1.68 bits per heavy atom. The average Bonchev–Trinajstić information content (AvgIpc) is 2.54. The van der Waals surface area contributed by atoms with Crippen LogP contribution in [0.3, 0.4) is 0 Å². The normalized spacial score (nSPS) is 16.1. The highest BCUT2D eigenvalue weighted by atomic mass is 19.1. The number of likely N-dealkylation sites (tertiary alicyclic amines) is 1. The summed E-state index contributed by atoms with van der Waals surface area (Å²) in [5.41, 5.74) is 2.19. The molecule has 0 N–H and O–H groups in total. The number of nitrogens with zero attached hydrogens (tertiary/aromatic N) is 1. The molecule has 22 heavy (non-hydrogen) atoms. The first-order chi connectivity index (χ1) is 10.8. The Hall–Kier alpha value is -0.890. The van der Waals surface area contributed by atoms with Crippen molar-refractivity contribution >= 4 is 0 Å². The van der Waals surface area contributed by atoms with Crippen molar-refractivity contribution in [1.82, 2.24) is 4.90 Å². The summed E-state index contributed by atoms with van der Waals surface area (Å²) in [7, 11) is 0. The topological polar surface area (TPSA) is 3.24 Å². The van der Waals surface area contributed by atoms with E-state index in [1.54, 1.807) is 6.07 Å². The molecule has 1 saturated heterocycles. The molecule has 124 valence electrons. The van der Waals surface area contributed by atoms with Gasteiger partial charge in [-0.2, -0.15) is 0 Å². The van der Waals surface area contributed by atoms with Crippen molar-refractivity contribution in [3.8, 4) is 0 Å². The largest absolute Gasteiger partial charge is 0.299 e. The van der Waals surface area contributed by atoms with E-state index in [1.165, 1.54) is 63.4 Å². The van der Waals surface area contributed by atoms with Gasteiger partial charge in [0.25, 0.3) is 0 Å². The van der Waals surface area contributed by atoms with Crippen LogP contribution >= 0.6 is 0 Å². The van der Waals surface area contributed by atoms with Gasteiger partial charge in [-0.25, -0.2) is 4.39 Å². The molecule has 1 fully saturated rings. The average molecular weight is 305 g/mol. The maximum atomic E-state index is 14.3. The van der Waals surface area contributed by atoms with Crippen LogP contribution in [0.1, 0.15) is 75.8 Å². The number of halogens is 1. The minimum atomic E-state index is -0.00550. The van der Waals surface area contributed by atoms with E-state index in [2.05, 4.69) is 17.9 Å². The number of hydrogen-bond donors (Lipinski definition) is 0. The van der Waals surface area contributed by atoms with Crippen LogP contribution in [0.2, 0.25) is 0 Å². The number of benzene rings is 1. The minimum absolute atomic E-state index is 0.00550. The van der Waals surface area contributed by atoms with Gasteiger partial charge >= 0.3 is 0 Å². The molecule has 0 amide bonds. The van der Waals surface area contributed by atoms with E-state index in [4.69, 9.17) is 0 Å². The predicted molar refractivity (Wildman–Crippen MR) is 92.6 cm³/mol. The number of unbranched alkanes of at least 4 members (excludes halogenated alkanes) is 5. The first-order valence-electron chi connectivity index (χ1n) is 9.30. The minimum Gasteiger partial charge on any atom is -0.299 e. The van der Waals surface area contributed by atoms with Crippen LogP contribution in [-0.4, -0.2) is 18.0 Å². The Bertz CT molecular complexity index is 424. The van der Waals surface area contributed by atoms with Crippen LogP contribution in [-0.2, 0) is 13.0 Å². The Kier molecular flexibility index (Phi) is 7.93. The van der Waals surface area contributed by atoms with E-state index >= 15 is 0 Å². The Morgan fingerprint density at radius 3 is 2.45 bits per heavy atom. The van der Waals surface area contributed by atoms with E-state index in [-0.39, 0.29) is 5.82 Å². The summed E-state index contributed by atoms with van der Waals surface area (Å²) < 4.78 is 14.3. The number of piperidine rings is 1. The summed E-state index contributed by atoms with van der Waals surface area (Å²) in [4.78, 5) is 2.42. The molecule has 2 rings (SSSR count). The molecule has 0 aromatic heterocycles. The zero-order valence-electron chi connectivity index (χ0n) is 14.2. The van der Waals surface area contributed by atoms with Crippen LogP contribution < -0.4 is 0 Å². The molecule has 0 bridgehead atoms. The van der Waals surface area contributed by atoms with E-state index in [0.29, 0.717) is 0 Å². The quantitative estimate of drug-likeness (QED) is 0.528. The van der Waals surface area contributed by atoms with E-state index in [1.807, 2.05) is 6.07 Å². The number of rotatable bonds is 9. The van der Waals surface area contributed by atoms with Gasteiger partial charge in [-0.15, -0.1) is 0 Å². The molecule has 0 atom stereocenters. The molecule has 0 saturated carbocycles. The molecule has 1 aromatic rings. The molecule has 1 aliphatic rings. The summed E-state index contributed by atoms with van der Waals surface area (Å²) in [5.74, 6) is -0.00550. The maximum Gasteiger partial charge on any atom is 0.127 e. The van der Waals surface area contributed by atoms with Crippen molar-refractivity contribution in [3.63, 3.8) is 0 Å². The fourth-order valence-electron chi connectivity index (χ4n) is 3.45. The second-order valence-electron chi connectivity index (χ2n) is 6.73. The highest BCUT2D eigenvalue weighted by Crippen LogP contribution is 2.21. The smallest absolute Gasteiger partial charge is 0.127 e. The van der Waals surface area contributed by atoms with Gasteiger partial charge in [-0.1, -0.05) is 57.6 Å². The highest BCUT2D eigenvalue weighted by Gasteiger charge is 2.15. The van der Waals surface area contributed by atoms with Crippen LogP contribution in [0.25, 0.3) is 0 Å². The molecule has 1 nitrogen and oxygen atoms in total. The standard InChI is InChI=1S/C20H32FN/c1-2-3-4-5-6-8-12-18-13-11-14-20(21)19(18)17-22-15-9-7-10-16-22/h11,13-14H,2-10,12,15-17H2,1H3. The first-order valence-corrected chi connectivity index (χ1v) is 9.30. The second-order valence-corrected chi connectivity index (χ2v) is 6.73. The van der Waals surface area contributed by atoms with Gasteiger partial charge in [0.15, 0.2) is 0 Å². The van der Waals surface area contributed by atoms with Gasteiger partial charge in [-0.05, 0) is 50.4 Å². The summed E-state index contributed by atoms with van der Waals surface area (Å²) >= 11 is 0. The third-order valence-electron chi connectivity index (χ3n) is 4.85. The third kappa shape index (κ3) is 5.72. The SMILES string of the molecule is CCCCCCCCc1cccc(F)c1CN1CCCCC1. The van der Waals surface area contributed by atoms with Crippen LogP contribution in [0.15, 0.2) is 18.2 Å². The fraction of sp³-hybridized carbons (Fsp3) is 0.700. The third-order valence-corrected chi connectivity index (χ3v) is 4.85. The number of aryl methyl sites for hydroxylation is 1. The van der Waals surface area contributed by atoms with Gasteiger partial charge < -0.3 is 0 Å². The molecule has 1 aromatic carbocycles. The summed E-state index contributed by atoms with van der Waals surface area (Å²) in [5, 5.41) is 0. The van der Waals surface area contributed by atoms with Gasteiger partial charge in [-0.3, -0.25) is 4.90 Å². The first kappa shape index (κ1) is 17.5. The van der Waals surface area contributed by atoms with Crippen molar-refractivity contribution < 1.29 is 4.39 Å². The van der Waals surface area contributed by atoms with Crippen LogP contribution in [0.4, 0.5) is 4.39 Å². The molecular weight excluding hydrogens is 273 g/mol. The van der Waals surface area contributed by atoms with E-state index in [9.17, 15) is 4.39 Å². The Morgan fingerprint density at radius 1 is 0.955 bits per heavy atom. The fourth-order valence-corrected chi connectivity index (χ4v) is 3.45. The molecule has 0 radical (unpaired) electrons. The lowest BCUT2D eigenvalue weighted by molar-refractivity contribution is 0.217. The van der Waals surface area contributed by atoms with E-state index in [0.717, 1.165) is 31.6 Å². The summed E-state index contributed by atoms with van der Waals surface area (Å²) in [6.45, 7) is 5.31.